The summed E-state index contributed by atoms with van der Waals surface area (Å²) in [7, 11) is 1.86. The van der Waals surface area contributed by atoms with Crippen molar-refractivity contribution in [3.8, 4) is 0 Å². The molecule has 0 radical (unpaired) electrons. The predicted octanol–water partition coefficient (Wildman–Crippen LogP) is 3.79. The van der Waals surface area contributed by atoms with Crippen molar-refractivity contribution in [2.45, 2.75) is 13.5 Å². The summed E-state index contributed by atoms with van der Waals surface area (Å²) in [4.78, 5) is 13.3. The Labute approximate surface area is 125 Å². The molecule has 1 aromatic heterocycles. The molecule has 1 amide bonds. The average molecular weight is 339 g/mol. The van der Waals surface area contributed by atoms with Crippen molar-refractivity contribution in [1.82, 2.24) is 5.32 Å². The number of amides is 1. The molecule has 1 aromatic carbocycles. The van der Waals surface area contributed by atoms with Crippen LogP contribution in [0.25, 0.3) is 0 Å². The number of benzene rings is 1. The van der Waals surface area contributed by atoms with E-state index in [0.29, 0.717) is 12.1 Å². The first-order valence-corrected chi connectivity index (χ1v) is 7.57. The molecule has 5 heteroatoms. The van der Waals surface area contributed by atoms with Gasteiger partial charge >= 0.3 is 0 Å². The van der Waals surface area contributed by atoms with E-state index in [0.717, 1.165) is 20.6 Å². The maximum atomic E-state index is 12.1. The second-order valence-electron chi connectivity index (χ2n) is 4.15. The molecule has 0 saturated carbocycles. The average Bonchev–Trinajstić information content (AvgIpc) is 2.81. The summed E-state index contributed by atoms with van der Waals surface area (Å²) in [6.07, 6.45) is 0. The van der Waals surface area contributed by atoms with Gasteiger partial charge in [0.15, 0.2) is 0 Å². The van der Waals surface area contributed by atoms with Gasteiger partial charge in [0, 0.05) is 27.6 Å². The third-order valence-electron chi connectivity index (χ3n) is 2.86. The van der Waals surface area contributed by atoms with Gasteiger partial charge in [-0.05, 0) is 58.1 Å². The largest absolute Gasteiger partial charge is 0.388 e. The first-order valence-electron chi connectivity index (χ1n) is 5.90. The van der Waals surface area contributed by atoms with Crippen LogP contribution in [-0.2, 0) is 6.54 Å². The molecule has 0 atom stereocenters. The van der Waals surface area contributed by atoms with Crippen LogP contribution in [0.1, 0.15) is 20.8 Å². The van der Waals surface area contributed by atoms with Crippen molar-refractivity contribution in [3.63, 3.8) is 0 Å². The Morgan fingerprint density at radius 3 is 2.74 bits per heavy atom. The molecular formula is C14H15BrN2OS. The summed E-state index contributed by atoms with van der Waals surface area (Å²) in [6.45, 7) is 2.49. The molecule has 0 aliphatic carbocycles. The van der Waals surface area contributed by atoms with E-state index in [1.54, 1.807) is 11.3 Å². The van der Waals surface area contributed by atoms with Gasteiger partial charge in [0.05, 0.1) is 6.54 Å². The first kappa shape index (κ1) is 14.1. The molecule has 0 unspecified atom stereocenters. The van der Waals surface area contributed by atoms with Crippen LogP contribution in [0.2, 0.25) is 0 Å². The standard InChI is InChI=1S/C14H15BrN2OS/c1-9-7-10(16-2)3-4-11(9)14(18)17-8-13-12(15)5-6-19-13/h3-7,16H,8H2,1-2H3,(H,17,18). The topological polar surface area (TPSA) is 41.1 Å². The lowest BCUT2D eigenvalue weighted by Crippen LogP contribution is -2.23. The molecule has 100 valence electrons. The molecule has 2 N–H and O–H groups in total. The number of aryl methyl sites for hydroxylation is 1. The van der Waals surface area contributed by atoms with Crippen LogP contribution in [-0.4, -0.2) is 13.0 Å². The molecule has 0 spiro atoms. The number of anilines is 1. The zero-order valence-electron chi connectivity index (χ0n) is 10.8. The second kappa shape index (κ2) is 6.21. The van der Waals surface area contributed by atoms with Crippen molar-refractivity contribution >= 4 is 38.9 Å². The van der Waals surface area contributed by atoms with Crippen LogP contribution in [0.4, 0.5) is 5.69 Å². The number of hydrogen-bond donors (Lipinski definition) is 2. The highest BCUT2D eigenvalue weighted by Gasteiger charge is 2.10. The SMILES string of the molecule is CNc1ccc(C(=O)NCc2sccc2Br)c(C)c1. The van der Waals surface area contributed by atoms with Crippen molar-refractivity contribution in [2.24, 2.45) is 0 Å². The zero-order valence-corrected chi connectivity index (χ0v) is 13.2. The van der Waals surface area contributed by atoms with E-state index in [1.807, 2.05) is 43.6 Å². The van der Waals surface area contributed by atoms with Gasteiger partial charge < -0.3 is 10.6 Å². The Morgan fingerprint density at radius 2 is 2.16 bits per heavy atom. The van der Waals surface area contributed by atoms with E-state index in [4.69, 9.17) is 0 Å². The number of rotatable bonds is 4. The molecule has 0 saturated heterocycles. The third-order valence-corrected chi connectivity index (χ3v) is 4.79. The highest BCUT2D eigenvalue weighted by molar-refractivity contribution is 9.10. The molecule has 3 nitrogen and oxygen atoms in total. The number of carbonyl (C=O) groups is 1. The Hall–Kier alpha value is -1.33. The van der Waals surface area contributed by atoms with E-state index >= 15 is 0 Å². The summed E-state index contributed by atoms with van der Waals surface area (Å²) >= 11 is 5.08. The molecule has 1 heterocycles. The molecule has 19 heavy (non-hydrogen) atoms. The molecular weight excluding hydrogens is 324 g/mol. The number of carbonyl (C=O) groups excluding carboxylic acids is 1. The van der Waals surface area contributed by atoms with E-state index in [9.17, 15) is 4.79 Å². The Morgan fingerprint density at radius 1 is 1.37 bits per heavy atom. The minimum atomic E-state index is -0.0412. The number of hydrogen-bond acceptors (Lipinski definition) is 3. The summed E-state index contributed by atoms with van der Waals surface area (Å²) in [6, 6.07) is 7.71. The lowest BCUT2D eigenvalue weighted by molar-refractivity contribution is 0.0950. The summed E-state index contributed by atoms with van der Waals surface area (Å²) < 4.78 is 1.04. The van der Waals surface area contributed by atoms with Gasteiger partial charge in [-0.1, -0.05) is 0 Å². The summed E-state index contributed by atoms with van der Waals surface area (Å²) in [5.74, 6) is -0.0412. The van der Waals surface area contributed by atoms with Crippen LogP contribution in [0.5, 0.6) is 0 Å². The number of thiophene rings is 1. The second-order valence-corrected chi connectivity index (χ2v) is 6.01. The number of nitrogens with one attached hydrogen (secondary N) is 2. The van der Waals surface area contributed by atoms with Crippen LogP contribution < -0.4 is 10.6 Å². The van der Waals surface area contributed by atoms with Gasteiger partial charge in [0.2, 0.25) is 0 Å². The highest BCUT2D eigenvalue weighted by Crippen LogP contribution is 2.22. The molecule has 0 bridgehead atoms. The van der Waals surface area contributed by atoms with E-state index < -0.39 is 0 Å². The van der Waals surface area contributed by atoms with Gasteiger partial charge in [-0.3, -0.25) is 4.79 Å². The highest BCUT2D eigenvalue weighted by atomic mass is 79.9. The fourth-order valence-corrected chi connectivity index (χ4v) is 3.21. The van der Waals surface area contributed by atoms with E-state index in [-0.39, 0.29) is 5.91 Å². The van der Waals surface area contributed by atoms with E-state index in [1.165, 1.54) is 0 Å². The van der Waals surface area contributed by atoms with Crippen molar-refractivity contribution in [2.75, 3.05) is 12.4 Å². The fourth-order valence-electron chi connectivity index (χ4n) is 1.78. The minimum absolute atomic E-state index is 0.0412. The zero-order chi connectivity index (χ0) is 13.8. The van der Waals surface area contributed by atoms with E-state index in [2.05, 4.69) is 26.6 Å². The summed E-state index contributed by atoms with van der Waals surface area (Å²) in [5.41, 5.74) is 2.69. The van der Waals surface area contributed by atoms with Gasteiger partial charge in [-0.2, -0.15) is 0 Å². The predicted molar refractivity (Wildman–Crippen MR) is 83.9 cm³/mol. The monoisotopic (exact) mass is 338 g/mol. The van der Waals surface area contributed by atoms with Crippen molar-refractivity contribution < 1.29 is 4.79 Å². The van der Waals surface area contributed by atoms with Gasteiger partial charge in [0.1, 0.15) is 0 Å². The first-order chi connectivity index (χ1) is 9.11. The fraction of sp³-hybridized carbons (Fsp3) is 0.214. The van der Waals surface area contributed by atoms with Crippen LogP contribution >= 0.6 is 27.3 Å². The minimum Gasteiger partial charge on any atom is -0.388 e. The lowest BCUT2D eigenvalue weighted by Gasteiger charge is -2.09. The maximum absolute atomic E-state index is 12.1. The molecule has 2 aromatic rings. The Bertz CT molecular complexity index is 595. The molecule has 0 fully saturated rings. The van der Waals surface area contributed by atoms with Crippen LogP contribution in [0.3, 0.4) is 0 Å². The molecule has 2 rings (SSSR count). The van der Waals surface area contributed by atoms with Crippen LogP contribution in [0, 0.1) is 6.92 Å². The smallest absolute Gasteiger partial charge is 0.251 e. The maximum Gasteiger partial charge on any atom is 0.251 e. The van der Waals surface area contributed by atoms with Gasteiger partial charge in [-0.25, -0.2) is 0 Å². The van der Waals surface area contributed by atoms with Crippen molar-refractivity contribution in [1.29, 1.82) is 0 Å². The molecule has 0 aliphatic heterocycles. The van der Waals surface area contributed by atoms with Crippen molar-refractivity contribution in [3.05, 3.63) is 50.1 Å². The van der Waals surface area contributed by atoms with Gasteiger partial charge in [-0.15, -0.1) is 11.3 Å². The number of halogens is 1. The van der Waals surface area contributed by atoms with Gasteiger partial charge in [0.25, 0.3) is 5.91 Å². The normalized spacial score (nSPS) is 10.3. The third kappa shape index (κ3) is 3.36. The summed E-state index contributed by atoms with van der Waals surface area (Å²) in [5, 5.41) is 8.00. The quantitative estimate of drug-likeness (QED) is 0.890. The lowest BCUT2D eigenvalue weighted by atomic mass is 10.1. The Kier molecular flexibility index (Phi) is 4.61. The van der Waals surface area contributed by atoms with Crippen LogP contribution in [0.15, 0.2) is 34.1 Å². The molecule has 0 aliphatic rings. The Balaban J connectivity index is 2.06.